The van der Waals surface area contributed by atoms with Gasteiger partial charge in [-0.25, -0.2) is 4.39 Å². The molecule has 2 N–H and O–H groups in total. The van der Waals surface area contributed by atoms with E-state index in [1.165, 1.54) is 0 Å². The van der Waals surface area contributed by atoms with Crippen LogP contribution >= 0.6 is 7.60 Å². The first kappa shape index (κ1) is 20.1. The van der Waals surface area contributed by atoms with Gasteiger partial charge in [-0.15, -0.1) is 0 Å². The summed E-state index contributed by atoms with van der Waals surface area (Å²) < 4.78 is 146. The molecule has 0 saturated heterocycles. The number of rotatable bonds is 2. The average molecular weight is 362 g/mol. The highest BCUT2D eigenvalue weighted by Gasteiger charge is 2.87. The molecule has 0 spiro atoms. The van der Waals surface area contributed by atoms with E-state index >= 15 is 0 Å². The lowest BCUT2D eigenvalue weighted by Crippen LogP contribution is -2.60. The van der Waals surface area contributed by atoms with Gasteiger partial charge in [-0.2, -0.15) is 43.9 Å². The molecule has 0 amide bonds. The van der Waals surface area contributed by atoms with Gasteiger partial charge in [0.05, 0.1) is 0 Å². The molecule has 0 unspecified atom stereocenters. The van der Waals surface area contributed by atoms with Gasteiger partial charge in [-0.3, -0.25) is 4.57 Å². The molecule has 0 saturated carbocycles. The largest absolute Gasteiger partial charge is 0.418 e. The molecule has 126 valence electrons. The number of hydrogen-bond donors (Lipinski definition) is 2. The summed E-state index contributed by atoms with van der Waals surface area (Å²) in [6.45, 7) is 0. The second kappa shape index (κ2) is 5.09. The maximum atomic E-state index is 13.0. The van der Waals surface area contributed by atoms with E-state index < -0.39 is 42.9 Å². The Bertz CT molecular complexity index is 442. The monoisotopic (exact) mass is 362 g/mol. The molecule has 0 bridgehead atoms. The van der Waals surface area contributed by atoms with Gasteiger partial charge in [0.25, 0.3) is 0 Å². The summed E-state index contributed by atoms with van der Waals surface area (Å²) in [5.74, 6) is -4.72. The van der Waals surface area contributed by atoms with E-state index in [4.69, 9.17) is 9.79 Å². The quantitative estimate of drug-likeness (QED) is 0.578. The molecule has 0 atom stereocenters. The van der Waals surface area contributed by atoms with Gasteiger partial charge in [0, 0.05) is 0 Å². The highest BCUT2D eigenvalue weighted by molar-refractivity contribution is 7.56. The van der Waals surface area contributed by atoms with Crippen molar-refractivity contribution in [3.05, 3.63) is 11.4 Å². The molecule has 0 aromatic carbocycles. The lowest BCUT2D eigenvalue weighted by atomic mass is 9.84. The van der Waals surface area contributed by atoms with Gasteiger partial charge in [0.15, 0.2) is 5.83 Å². The fraction of sp³-hybridized carbons (Fsp3) is 0.667. The lowest BCUT2D eigenvalue weighted by molar-refractivity contribution is -0.416. The average Bonchev–Trinajstić information content (AvgIpc) is 2.07. The molecule has 0 rings (SSSR count). The molecule has 0 radical (unpaired) electrons. The van der Waals surface area contributed by atoms with Gasteiger partial charge in [-0.05, 0) is 0 Å². The Balaban J connectivity index is 6.98. The van der Waals surface area contributed by atoms with Crippen molar-refractivity contribution in [3.63, 3.8) is 0 Å². The van der Waals surface area contributed by atoms with E-state index in [0.29, 0.717) is 0 Å². The second-order valence-electron chi connectivity index (χ2n) is 3.39. The lowest BCUT2D eigenvalue weighted by Gasteiger charge is -2.37. The van der Waals surface area contributed by atoms with Crippen LogP contribution in [0.5, 0.6) is 0 Å². The van der Waals surface area contributed by atoms with E-state index in [-0.39, 0.29) is 0 Å². The topological polar surface area (TPSA) is 57.5 Å². The first-order valence-electron chi connectivity index (χ1n) is 4.13. The Hall–Kier alpha value is -0.880. The zero-order chi connectivity index (χ0) is 17.7. The number of alkyl halides is 9. The normalized spacial score (nSPS) is 16.8. The fourth-order valence-electron chi connectivity index (χ4n) is 1.14. The Kier molecular flexibility index (Phi) is 4.88. The van der Waals surface area contributed by atoms with Crippen LogP contribution in [0.2, 0.25) is 0 Å². The SMILES string of the molecule is O=P(O)(O)/C(F)=C(\F)C(C(F)(F)F)(C(F)(F)F)C(F)(F)F. The Morgan fingerprint density at radius 1 is 0.714 bits per heavy atom. The molecule has 0 heterocycles. The van der Waals surface area contributed by atoms with Gasteiger partial charge in [0.2, 0.25) is 5.57 Å². The van der Waals surface area contributed by atoms with E-state index in [1.54, 1.807) is 0 Å². The third-order valence-electron chi connectivity index (χ3n) is 2.04. The first-order valence-corrected chi connectivity index (χ1v) is 5.75. The van der Waals surface area contributed by atoms with Crippen LogP contribution < -0.4 is 0 Å². The summed E-state index contributed by atoms with van der Waals surface area (Å²) in [5, 5.41) is 0. The van der Waals surface area contributed by atoms with Crippen molar-refractivity contribution in [2.24, 2.45) is 5.41 Å². The Morgan fingerprint density at radius 3 is 1.10 bits per heavy atom. The van der Waals surface area contributed by atoms with Gasteiger partial charge < -0.3 is 9.79 Å². The minimum absolute atomic E-state index is 4.12. The maximum absolute atomic E-state index is 13.0. The second-order valence-corrected chi connectivity index (χ2v) is 4.87. The predicted molar refractivity (Wildman–Crippen MR) is 41.9 cm³/mol. The zero-order valence-corrected chi connectivity index (χ0v) is 9.80. The summed E-state index contributed by atoms with van der Waals surface area (Å²) >= 11 is 0. The zero-order valence-electron chi connectivity index (χ0n) is 8.91. The molecule has 0 aromatic rings. The van der Waals surface area contributed by atoms with Gasteiger partial charge in [-0.1, -0.05) is 0 Å². The van der Waals surface area contributed by atoms with Crippen molar-refractivity contribution in [2.45, 2.75) is 18.5 Å². The third-order valence-corrected chi connectivity index (χ3v) is 2.75. The fourth-order valence-corrected chi connectivity index (χ4v) is 1.56. The molecule has 21 heavy (non-hydrogen) atoms. The van der Waals surface area contributed by atoms with Crippen molar-refractivity contribution in [2.75, 3.05) is 0 Å². The molecule has 15 heteroatoms. The summed E-state index contributed by atoms with van der Waals surface area (Å²) in [7, 11) is -6.78. The van der Waals surface area contributed by atoms with Crippen LogP contribution in [0.1, 0.15) is 0 Å². The minimum atomic E-state index is -7.51. The van der Waals surface area contributed by atoms with E-state index in [2.05, 4.69) is 0 Å². The van der Waals surface area contributed by atoms with E-state index in [9.17, 15) is 52.9 Å². The van der Waals surface area contributed by atoms with Crippen LogP contribution in [0.4, 0.5) is 48.3 Å². The van der Waals surface area contributed by atoms with Crippen LogP contribution in [0, 0.1) is 5.41 Å². The summed E-state index contributed by atoms with van der Waals surface area (Å²) in [5.41, 5.74) is -11.5. The Morgan fingerprint density at radius 2 is 0.952 bits per heavy atom. The number of hydrogen-bond acceptors (Lipinski definition) is 1. The molecular weight excluding hydrogens is 360 g/mol. The smallest absolute Gasteiger partial charge is 0.319 e. The Labute approximate surface area is 107 Å². The van der Waals surface area contributed by atoms with Crippen molar-refractivity contribution in [1.29, 1.82) is 0 Å². The molecule has 0 fully saturated rings. The number of allylic oxidation sites excluding steroid dienone is 1. The molecule has 0 aliphatic rings. The molecule has 0 aliphatic heterocycles. The first-order chi connectivity index (χ1) is 8.82. The highest BCUT2D eigenvalue weighted by Crippen LogP contribution is 2.66. The van der Waals surface area contributed by atoms with Gasteiger partial charge in [0.1, 0.15) is 0 Å². The highest BCUT2D eigenvalue weighted by atomic mass is 31.2. The maximum Gasteiger partial charge on any atom is 0.418 e. The molecule has 3 nitrogen and oxygen atoms in total. The summed E-state index contributed by atoms with van der Waals surface area (Å²) in [6.07, 6.45) is -22.5. The van der Waals surface area contributed by atoms with Crippen LogP contribution in [0.15, 0.2) is 11.4 Å². The summed E-state index contributed by atoms with van der Waals surface area (Å²) in [6, 6.07) is 0. The van der Waals surface area contributed by atoms with Crippen molar-refractivity contribution in [3.8, 4) is 0 Å². The standard InChI is InChI=1S/C6H2F11O3P/c7-1(2(8)21(18,19)20)3(4(9,10)11,5(12,13)14)6(15,16)17/h(H2,18,19,20)/b2-1-. The van der Waals surface area contributed by atoms with Crippen LogP contribution in [-0.4, -0.2) is 28.3 Å². The van der Waals surface area contributed by atoms with Crippen molar-refractivity contribution >= 4 is 7.60 Å². The molecular formula is C6H2F11O3P. The predicted octanol–water partition coefficient (Wildman–Crippen LogP) is 3.95. The van der Waals surface area contributed by atoms with E-state index in [1.807, 2.05) is 0 Å². The molecule has 0 aliphatic carbocycles. The van der Waals surface area contributed by atoms with Crippen molar-refractivity contribution < 1.29 is 62.6 Å². The summed E-state index contributed by atoms with van der Waals surface area (Å²) in [4.78, 5) is 15.9. The third kappa shape index (κ3) is 3.16. The van der Waals surface area contributed by atoms with E-state index in [0.717, 1.165) is 0 Å². The van der Waals surface area contributed by atoms with Crippen molar-refractivity contribution in [1.82, 2.24) is 0 Å². The van der Waals surface area contributed by atoms with Crippen LogP contribution in [-0.2, 0) is 4.57 Å². The van der Waals surface area contributed by atoms with Crippen LogP contribution in [0.3, 0.4) is 0 Å². The van der Waals surface area contributed by atoms with Crippen LogP contribution in [0.25, 0.3) is 0 Å². The minimum Gasteiger partial charge on any atom is -0.319 e. The van der Waals surface area contributed by atoms with Gasteiger partial charge >= 0.3 is 31.5 Å². The molecule has 0 aromatic heterocycles. The number of halogens is 11.